The Hall–Kier alpha value is -1.93. The van der Waals surface area contributed by atoms with E-state index in [4.69, 9.17) is 14.2 Å². The third-order valence-electron chi connectivity index (χ3n) is 3.23. The zero-order valence-corrected chi connectivity index (χ0v) is 12.7. The molecule has 1 aromatic rings. The number of rotatable bonds is 7. The van der Waals surface area contributed by atoms with Crippen LogP contribution in [0, 0.1) is 11.3 Å². The first-order valence-electron chi connectivity index (χ1n) is 6.56. The molecule has 0 radical (unpaired) electrons. The smallest absolute Gasteiger partial charge is 0.132 e. The Morgan fingerprint density at radius 1 is 1.15 bits per heavy atom. The van der Waals surface area contributed by atoms with Crippen molar-refractivity contribution in [2.75, 3.05) is 21.3 Å². The number of nitrogens with one attached hydrogen (secondary N) is 1. The molecule has 110 valence electrons. The van der Waals surface area contributed by atoms with Gasteiger partial charge in [-0.3, -0.25) is 5.32 Å². The number of nitrogens with zero attached hydrogens (tertiary/aromatic N) is 1. The first-order chi connectivity index (χ1) is 9.60. The molecule has 2 atom stereocenters. The van der Waals surface area contributed by atoms with Crippen molar-refractivity contribution in [1.82, 2.24) is 5.32 Å². The Balaban J connectivity index is 3.29. The highest BCUT2D eigenvalue weighted by atomic mass is 16.5. The normalized spacial score (nSPS) is 13.2. The highest BCUT2D eigenvalue weighted by Crippen LogP contribution is 2.38. The van der Waals surface area contributed by atoms with Crippen molar-refractivity contribution in [3.63, 3.8) is 0 Å². The van der Waals surface area contributed by atoms with Gasteiger partial charge in [0.15, 0.2) is 0 Å². The lowest BCUT2D eigenvalue weighted by molar-refractivity contribution is 0.360. The van der Waals surface area contributed by atoms with Crippen molar-refractivity contribution in [1.29, 1.82) is 5.26 Å². The molecule has 2 unspecified atom stereocenters. The quantitative estimate of drug-likeness (QED) is 0.830. The van der Waals surface area contributed by atoms with Gasteiger partial charge in [-0.25, -0.2) is 0 Å². The van der Waals surface area contributed by atoms with Gasteiger partial charge in [-0.05, 0) is 13.3 Å². The second kappa shape index (κ2) is 7.61. The summed E-state index contributed by atoms with van der Waals surface area (Å²) in [5.41, 5.74) is 0.693. The van der Waals surface area contributed by atoms with Crippen LogP contribution < -0.4 is 19.5 Å². The summed E-state index contributed by atoms with van der Waals surface area (Å²) in [5, 5.41) is 12.7. The second-order valence-electron chi connectivity index (χ2n) is 4.48. The van der Waals surface area contributed by atoms with E-state index >= 15 is 0 Å². The number of hydrogen-bond donors (Lipinski definition) is 1. The summed E-state index contributed by atoms with van der Waals surface area (Å²) in [6.07, 6.45) is 0.930. The molecule has 0 heterocycles. The van der Waals surface area contributed by atoms with E-state index in [1.165, 1.54) is 0 Å². The average Bonchev–Trinajstić information content (AvgIpc) is 2.50. The van der Waals surface area contributed by atoms with Crippen LogP contribution in [0.15, 0.2) is 12.1 Å². The van der Waals surface area contributed by atoms with Gasteiger partial charge in [0.05, 0.1) is 33.0 Å². The van der Waals surface area contributed by atoms with Gasteiger partial charge in [0.2, 0.25) is 0 Å². The van der Waals surface area contributed by atoms with Crippen molar-refractivity contribution in [2.24, 2.45) is 0 Å². The van der Waals surface area contributed by atoms with Crippen molar-refractivity contribution in [3.05, 3.63) is 17.7 Å². The van der Waals surface area contributed by atoms with Crippen molar-refractivity contribution >= 4 is 0 Å². The number of methoxy groups -OCH3 is 3. The Labute approximate surface area is 120 Å². The number of benzene rings is 1. The van der Waals surface area contributed by atoms with Gasteiger partial charge >= 0.3 is 0 Å². The molecular formula is C15H22N2O3. The molecule has 0 bridgehead atoms. The fourth-order valence-electron chi connectivity index (χ4n) is 1.90. The average molecular weight is 278 g/mol. The summed E-state index contributed by atoms with van der Waals surface area (Å²) in [5.74, 6) is 1.77. The van der Waals surface area contributed by atoms with Crippen LogP contribution in [0.3, 0.4) is 0 Å². The van der Waals surface area contributed by atoms with E-state index in [0.29, 0.717) is 22.8 Å². The van der Waals surface area contributed by atoms with E-state index in [1.54, 1.807) is 33.5 Å². The summed E-state index contributed by atoms with van der Waals surface area (Å²) in [6.45, 7) is 4.10. The first kappa shape index (κ1) is 16.1. The molecule has 0 spiro atoms. The molecule has 0 aliphatic heterocycles. The van der Waals surface area contributed by atoms with Gasteiger partial charge in [-0.15, -0.1) is 0 Å². The molecule has 0 saturated heterocycles. The molecule has 0 amide bonds. The minimum Gasteiger partial charge on any atom is -0.496 e. The molecule has 1 rings (SSSR count). The van der Waals surface area contributed by atoms with Crippen LogP contribution in [0.2, 0.25) is 0 Å². The molecule has 1 N–H and O–H groups in total. The molecule has 0 aromatic heterocycles. The molecule has 0 aliphatic carbocycles. The monoisotopic (exact) mass is 278 g/mol. The maximum Gasteiger partial charge on any atom is 0.132 e. The van der Waals surface area contributed by atoms with Gasteiger partial charge in [0, 0.05) is 18.2 Å². The maximum atomic E-state index is 9.44. The summed E-state index contributed by atoms with van der Waals surface area (Å²) in [7, 11) is 4.71. The fourth-order valence-corrected chi connectivity index (χ4v) is 1.90. The Morgan fingerprint density at radius 2 is 1.70 bits per heavy atom. The number of hydrogen-bond acceptors (Lipinski definition) is 5. The van der Waals surface area contributed by atoms with Crippen molar-refractivity contribution in [2.45, 2.75) is 32.4 Å². The zero-order valence-electron chi connectivity index (χ0n) is 12.7. The Bertz CT molecular complexity index is 457. The largest absolute Gasteiger partial charge is 0.496 e. The minimum atomic E-state index is -0.499. The van der Waals surface area contributed by atoms with Gasteiger partial charge in [-0.2, -0.15) is 5.26 Å². The predicted molar refractivity (Wildman–Crippen MR) is 77.3 cm³/mol. The highest BCUT2D eigenvalue weighted by molar-refractivity contribution is 5.53. The minimum absolute atomic E-state index is 0.219. The predicted octanol–water partition coefficient (Wildman–Crippen LogP) is 2.67. The van der Waals surface area contributed by atoms with E-state index in [1.807, 2.05) is 6.92 Å². The maximum absolute atomic E-state index is 9.44. The molecular weight excluding hydrogens is 256 g/mol. The van der Waals surface area contributed by atoms with E-state index < -0.39 is 6.04 Å². The highest BCUT2D eigenvalue weighted by Gasteiger charge is 2.23. The molecule has 20 heavy (non-hydrogen) atoms. The molecule has 5 heteroatoms. The molecule has 0 aliphatic rings. The molecule has 1 aromatic carbocycles. The lowest BCUT2D eigenvalue weighted by Gasteiger charge is -2.22. The van der Waals surface area contributed by atoms with Gasteiger partial charge in [0.25, 0.3) is 0 Å². The zero-order chi connectivity index (χ0) is 15.1. The van der Waals surface area contributed by atoms with Crippen LogP contribution in [0.1, 0.15) is 31.9 Å². The van der Waals surface area contributed by atoms with Crippen LogP contribution in [0.4, 0.5) is 0 Å². The Kier molecular flexibility index (Phi) is 6.13. The van der Waals surface area contributed by atoms with Crippen LogP contribution in [-0.2, 0) is 0 Å². The van der Waals surface area contributed by atoms with Crippen LogP contribution in [-0.4, -0.2) is 27.4 Å². The van der Waals surface area contributed by atoms with Crippen molar-refractivity contribution in [3.8, 4) is 23.3 Å². The standard InChI is InChI=1S/C15H22N2O3/c1-6-10(2)17-12(9-16)15-13(19-4)7-11(18-3)8-14(15)20-5/h7-8,10,12,17H,6H2,1-5H3. The molecule has 0 saturated carbocycles. The Morgan fingerprint density at radius 3 is 2.05 bits per heavy atom. The number of nitriles is 1. The lowest BCUT2D eigenvalue weighted by Crippen LogP contribution is -2.29. The van der Waals surface area contributed by atoms with Crippen LogP contribution >= 0.6 is 0 Å². The second-order valence-corrected chi connectivity index (χ2v) is 4.48. The van der Waals surface area contributed by atoms with Gasteiger partial charge in [0.1, 0.15) is 23.3 Å². The summed E-state index contributed by atoms with van der Waals surface area (Å²) in [4.78, 5) is 0. The van der Waals surface area contributed by atoms with Gasteiger partial charge in [-0.1, -0.05) is 6.92 Å². The third kappa shape index (κ3) is 3.55. The molecule has 0 fully saturated rings. The molecule has 5 nitrogen and oxygen atoms in total. The van der Waals surface area contributed by atoms with Crippen molar-refractivity contribution < 1.29 is 14.2 Å². The summed E-state index contributed by atoms with van der Waals surface area (Å²) >= 11 is 0. The van der Waals surface area contributed by atoms with E-state index in [-0.39, 0.29) is 6.04 Å². The lowest BCUT2D eigenvalue weighted by atomic mass is 10.0. The van der Waals surface area contributed by atoms with E-state index in [2.05, 4.69) is 18.3 Å². The summed E-state index contributed by atoms with van der Waals surface area (Å²) < 4.78 is 16.0. The van der Waals surface area contributed by atoms with E-state index in [0.717, 1.165) is 6.42 Å². The number of ether oxygens (including phenoxy) is 3. The first-order valence-corrected chi connectivity index (χ1v) is 6.56. The topological polar surface area (TPSA) is 63.5 Å². The van der Waals surface area contributed by atoms with E-state index in [9.17, 15) is 5.26 Å². The van der Waals surface area contributed by atoms with Gasteiger partial charge < -0.3 is 14.2 Å². The SMILES string of the molecule is CCC(C)NC(C#N)c1c(OC)cc(OC)cc1OC. The van der Waals surface area contributed by atoms with Crippen LogP contribution in [0.25, 0.3) is 0 Å². The fraction of sp³-hybridized carbons (Fsp3) is 0.533. The third-order valence-corrected chi connectivity index (χ3v) is 3.23. The van der Waals surface area contributed by atoms with Crippen LogP contribution in [0.5, 0.6) is 17.2 Å². The summed E-state index contributed by atoms with van der Waals surface area (Å²) in [6, 6.07) is 5.48.